The molecule has 0 radical (unpaired) electrons. The third kappa shape index (κ3) is 0.962. The zero-order valence-electron chi connectivity index (χ0n) is 6.19. The summed E-state index contributed by atoms with van der Waals surface area (Å²) in [5.41, 5.74) is 3.16. The maximum absolute atomic E-state index is 3.32. The summed E-state index contributed by atoms with van der Waals surface area (Å²) >= 11 is 0. The first kappa shape index (κ1) is 6.02. The van der Waals surface area contributed by atoms with Gasteiger partial charge in [-0.15, -0.1) is 0 Å². The molecule has 1 heteroatoms. The molecule has 1 aliphatic carbocycles. The van der Waals surface area contributed by atoms with Crippen LogP contribution in [0.2, 0.25) is 0 Å². The summed E-state index contributed by atoms with van der Waals surface area (Å²) in [7, 11) is 0. The minimum Gasteiger partial charge on any atom is -0.365 e. The summed E-state index contributed by atoms with van der Waals surface area (Å²) in [5.74, 6) is 0. The number of dihydropyridines is 1. The van der Waals surface area contributed by atoms with E-state index in [-0.39, 0.29) is 0 Å². The molecule has 0 fully saturated rings. The summed E-state index contributed by atoms with van der Waals surface area (Å²) in [4.78, 5) is 0. The van der Waals surface area contributed by atoms with Crippen molar-refractivity contribution < 1.29 is 0 Å². The number of hydrogen-bond acceptors (Lipinski definition) is 1. The fraction of sp³-hybridized carbons (Fsp3) is 0.556. The van der Waals surface area contributed by atoms with Crippen LogP contribution in [-0.4, -0.2) is 0 Å². The lowest BCUT2D eigenvalue weighted by atomic mass is 9.93. The van der Waals surface area contributed by atoms with Crippen LogP contribution in [0.25, 0.3) is 0 Å². The van der Waals surface area contributed by atoms with Crippen LogP contribution in [0.15, 0.2) is 23.5 Å². The number of allylic oxidation sites excluding steroid dienone is 3. The van der Waals surface area contributed by atoms with Crippen molar-refractivity contribution in [3.63, 3.8) is 0 Å². The lowest BCUT2D eigenvalue weighted by molar-refractivity contribution is 0.628. The standard InChI is InChI=1S/C9H13N/c1-2-6-9-8(4-1)5-3-7-10-9/h3,7,10H,1-2,4-6H2. The van der Waals surface area contributed by atoms with Crippen LogP contribution in [0.1, 0.15) is 32.1 Å². The highest BCUT2D eigenvalue weighted by Crippen LogP contribution is 2.27. The molecule has 0 unspecified atom stereocenters. The molecule has 0 spiro atoms. The first-order valence-corrected chi connectivity index (χ1v) is 4.09. The zero-order chi connectivity index (χ0) is 6.81. The van der Waals surface area contributed by atoms with E-state index in [4.69, 9.17) is 0 Å². The third-order valence-electron chi connectivity index (χ3n) is 2.32. The maximum Gasteiger partial charge on any atom is 0.0141 e. The highest BCUT2D eigenvalue weighted by Gasteiger charge is 2.12. The third-order valence-corrected chi connectivity index (χ3v) is 2.32. The number of hydrogen-bond donors (Lipinski definition) is 1. The monoisotopic (exact) mass is 135 g/mol. The summed E-state index contributed by atoms with van der Waals surface area (Å²) in [6, 6.07) is 0. The molecule has 1 nitrogen and oxygen atoms in total. The Bertz CT molecular complexity index is 169. The van der Waals surface area contributed by atoms with E-state index < -0.39 is 0 Å². The van der Waals surface area contributed by atoms with E-state index in [9.17, 15) is 0 Å². The van der Waals surface area contributed by atoms with Crippen LogP contribution in [0, 0.1) is 0 Å². The smallest absolute Gasteiger partial charge is 0.0141 e. The van der Waals surface area contributed by atoms with Gasteiger partial charge in [-0.2, -0.15) is 0 Å². The highest BCUT2D eigenvalue weighted by atomic mass is 14.9. The molecular weight excluding hydrogens is 122 g/mol. The van der Waals surface area contributed by atoms with Gasteiger partial charge in [-0.3, -0.25) is 0 Å². The number of nitrogens with one attached hydrogen (secondary N) is 1. The van der Waals surface area contributed by atoms with Crippen LogP contribution in [0.4, 0.5) is 0 Å². The van der Waals surface area contributed by atoms with E-state index in [1.54, 1.807) is 5.57 Å². The minimum absolute atomic E-state index is 1.20. The molecule has 0 saturated heterocycles. The van der Waals surface area contributed by atoms with Gasteiger partial charge in [-0.1, -0.05) is 6.08 Å². The number of rotatable bonds is 0. The molecule has 1 N–H and O–H groups in total. The molecule has 1 heterocycles. The summed E-state index contributed by atoms with van der Waals surface area (Å²) in [6.07, 6.45) is 10.9. The van der Waals surface area contributed by atoms with Crippen LogP contribution in [0.3, 0.4) is 0 Å². The first-order chi connectivity index (χ1) is 4.97. The van der Waals surface area contributed by atoms with Gasteiger partial charge in [0, 0.05) is 5.70 Å². The van der Waals surface area contributed by atoms with Crippen molar-refractivity contribution >= 4 is 0 Å². The predicted molar refractivity (Wildman–Crippen MR) is 42.4 cm³/mol. The molecule has 0 aromatic carbocycles. The molecule has 0 aromatic rings. The average molecular weight is 135 g/mol. The van der Waals surface area contributed by atoms with Gasteiger partial charge in [-0.05, 0) is 43.9 Å². The topological polar surface area (TPSA) is 12.0 Å². The van der Waals surface area contributed by atoms with Gasteiger partial charge >= 0.3 is 0 Å². The van der Waals surface area contributed by atoms with Gasteiger partial charge < -0.3 is 5.32 Å². The van der Waals surface area contributed by atoms with Gasteiger partial charge in [0.05, 0.1) is 0 Å². The second-order valence-corrected chi connectivity index (χ2v) is 3.04. The molecule has 0 aromatic heterocycles. The fourth-order valence-corrected chi connectivity index (χ4v) is 1.73. The fourth-order valence-electron chi connectivity index (χ4n) is 1.73. The molecule has 2 aliphatic rings. The van der Waals surface area contributed by atoms with Crippen molar-refractivity contribution in [2.75, 3.05) is 0 Å². The van der Waals surface area contributed by atoms with E-state index in [1.807, 2.05) is 0 Å². The van der Waals surface area contributed by atoms with Gasteiger partial charge in [0.25, 0.3) is 0 Å². The van der Waals surface area contributed by atoms with E-state index in [2.05, 4.69) is 17.6 Å². The molecule has 0 atom stereocenters. The quantitative estimate of drug-likeness (QED) is 0.537. The van der Waals surface area contributed by atoms with Gasteiger partial charge in [0.2, 0.25) is 0 Å². The summed E-state index contributed by atoms with van der Waals surface area (Å²) in [6.45, 7) is 0. The van der Waals surface area contributed by atoms with Crippen molar-refractivity contribution in [2.45, 2.75) is 32.1 Å². The largest absolute Gasteiger partial charge is 0.365 e. The minimum atomic E-state index is 1.20. The van der Waals surface area contributed by atoms with Crippen LogP contribution < -0.4 is 5.32 Å². The van der Waals surface area contributed by atoms with Crippen molar-refractivity contribution in [1.82, 2.24) is 5.32 Å². The van der Waals surface area contributed by atoms with Crippen LogP contribution in [-0.2, 0) is 0 Å². The van der Waals surface area contributed by atoms with Crippen molar-refractivity contribution in [3.05, 3.63) is 23.5 Å². The van der Waals surface area contributed by atoms with Gasteiger partial charge in [0.15, 0.2) is 0 Å². The normalized spacial score (nSPS) is 24.0. The van der Waals surface area contributed by atoms with Crippen molar-refractivity contribution in [3.8, 4) is 0 Å². The Morgan fingerprint density at radius 1 is 1.20 bits per heavy atom. The first-order valence-electron chi connectivity index (χ1n) is 4.09. The predicted octanol–water partition coefficient (Wildman–Crippen LogP) is 2.32. The molecule has 1 aliphatic heterocycles. The molecular formula is C9H13N. The van der Waals surface area contributed by atoms with E-state index in [0.717, 1.165) is 0 Å². The SMILES string of the molecule is C1=CNC2=C(C1)CCCC2. The Morgan fingerprint density at radius 2 is 2.10 bits per heavy atom. The molecule has 10 heavy (non-hydrogen) atoms. The Balaban J connectivity index is 2.17. The Labute approximate surface area is 61.8 Å². The molecule has 0 saturated carbocycles. The second-order valence-electron chi connectivity index (χ2n) is 3.04. The summed E-state index contributed by atoms with van der Waals surface area (Å²) in [5, 5.41) is 3.32. The van der Waals surface area contributed by atoms with Crippen LogP contribution in [0.5, 0.6) is 0 Å². The van der Waals surface area contributed by atoms with E-state index >= 15 is 0 Å². The lowest BCUT2D eigenvalue weighted by Gasteiger charge is -2.22. The molecule has 0 bridgehead atoms. The summed E-state index contributed by atoms with van der Waals surface area (Å²) < 4.78 is 0. The van der Waals surface area contributed by atoms with Crippen molar-refractivity contribution in [1.29, 1.82) is 0 Å². The van der Waals surface area contributed by atoms with Gasteiger partial charge in [0.1, 0.15) is 0 Å². The molecule has 2 rings (SSSR count). The van der Waals surface area contributed by atoms with Crippen molar-refractivity contribution in [2.24, 2.45) is 0 Å². The Kier molecular flexibility index (Phi) is 1.50. The zero-order valence-corrected chi connectivity index (χ0v) is 6.19. The van der Waals surface area contributed by atoms with E-state index in [1.165, 1.54) is 37.8 Å². The van der Waals surface area contributed by atoms with E-state index in [0.29, 0.717) is 0 Å². The Hall–Kier alpha value is -0.720. The van der Waals surface area contributed by atoms with Crippen LogP contribution >= 0.6 is 0 Å². The molecule has 54 valence electrons. The Morgan fingerprint density at radius 3 is 3.00 bits per heavy atom. The molecule has 0 amide bonds. The lowest BCUT2D eigenvalue weighted by Crippen LogP contribution is -2.14. The second kappa shape index (κ2) is 2.49. The maximum atomic E-state index is 3.32. The highest BCUT2D eigenvalue weighted by molar-refractivity contribution is 5.23. The average Bonchev–Trinajstić information content (AvgIpc) is 2.05. The van der Waals surface area contributed by atoms with Gasteiger partial charge in [-0.25, -0.2) is 0 Å².